The maximum absolute atomic E-state index is 6.72. The van der Waals surface area contributed by atoms with Crippen LogP contribution in [0.4, 0.5) is 28.4 Å². The van der Waals surface area contributed by atoms with Crippen LogP contribution >= 0.6 is 0 Å². The van der Waals surface area contributed by atoms with Crippen LogP contribution < -0.4 is 20.6 Å². The molecule has 1 aromatic heterocycles. The van der Waals surface area contributed by atoms with Gasteiger partial charge >= 0.3 is 6.85 Å². The van der Waals surface area contributed by atoms with Crippen molar-refractivity contribution in [2.75, 3.05) is 9.71 Å². The van der Waals surface area contributed by atoms with Gasteiger partial charge in [0.25, 0.3) is 0 Å². The van der Waals surface area contributed by atoms with E-state index >= 15 is 0 Å². The molecule has 302 valence electrons. The zero-order valence-corrected chi connectivity index (χ0v) is 37.6. The Balaban J connectivity index is 1.32. The molecule has 0 unspecified atom stereocenters. The fourth-order valence-corrected chi connectivity index (χ4v) is 10.8. The van der Waals surface area contributed by atoms with Crippen LogP contribution in [0.1, 0.15) is 104 Å². The summed E-state index contributed by atoms with van der Waals surface area (Å²) in [5.74, 6) is 0. The summed E-state index contributed by atoms with van der Waals surface area (Å²) in [6, 6.07) is 51.1. The number of anilines is 5. The van der Waals surface area contributed by atoms with Gasteiger partial charge in [-0.25, -0.2) is 0 Å². The van der Waals surface area contributed by atoms with Crippen molar-refractivity contribution in [2.24, 2.45) is 0 Å². The van der Waals surface area contributed by atoms with Gasteiger partial charge in [-0.3, -0.25) is 0 Å². The quantitative estimate of drug-likeness (QED) is 0.163. The molecule has 0 fully saturated rings. The van der Waals surface area contributed by atoms with Crippen molar-refractivity contribution in [2.45, 2.75) is 97.8 Å². The van der Waals surface area contributed by atoms with Crippen molar-refractivity contribution in [3.8, 4) is 22.3 Å². The van der Waals surface area contributed by atoms with E-state index < -0.39 is 0 Å². The smallest absolute Gasteiger partial charge is 0.333 e. The highest BCUT2D eigenvalue weighted by atomic mass is 16.3. The molecule has 0 saturated heterocycles. The fraction of sp³-hybridized carbons (Fsp3) is 0.263. The highest BCUT2D eigenvalue weighted by Crippen LogP contribution is 2.58. The van der Waals surface area contributed by atoms with Gasteiger partial charge in [0.2, 0.25) is 0 Å². The van der Waals surface area contributed by atoms with E-state index in [1.165, 1.54) is 89.4 Å². The minimum atomic E-state index is -0.253. The molecule has 0 saturated carbocycles. The molecule has 0 N–H and O–H groups in total. The van der Waals surface area contributed by atoms with Crippen LogP contribution in [0.3, 0.4) is 0 Å². The van der Waals surface area contributed by atoms with Crippen molar-refractivity contribution >= 4 is 68.1 Å². The predicted octanol–water partition coefficient (Wildman–Crippen LogP) is 14.5. The highest BCUT2D eigenvalue weighted by Gasteiger charge is 2.50. The summed E-state index contributed by atoms with van der Waals surface area (Å²) >= 11 is 0. The normalized spacial score (nSPS) is 15.2. The number of furan rings is 1. The third-order valence-corrected chi connectivity index (χ3v) is 14.1. The van der Waals surface area contributed by atoms with Crippen LogP contribution in [0.25, 0.3) is 44.2 Å². The summed E-state index contributed by atoms with van der Waals surface area (Å²) in [4.78, 5) is 5.28. The molecule has 2 aliphatic heterocycles. The number of fused-ring (bicyclic) bond motifs is 11. The minimum absolute atomic E-state index is 0.0295. The summed E-state index contributed by atoms with van der Waals surface area (Å²) in [6.07, 6.45) is 0. The average Bonchev–Trinajstić information content (AvgIpc) is 3.70. The molecule has 0 bridgehead atoms. The van der Waals surface area contributed by atoms with Crippen LogP contribution in [0.15, 0.2) is 138 Å². The standard InChI is InChI=1S/C57H55BN2O/c1-54(2,3)34-20-25-37(26-21-34)59-47-29-24-36(56(7,8)9)30-46(47)58-52-44(32-43-39-16-12-14-18-45(39)57(10,11)51(43)53(52)59)41-31-42-40-17-13-15-19-49(40)61-50(42)33-48(41)60(58)38-27-22-35(23-28-38)55(4,5)6/h12-33H,1-11H3. The Hall–Kier alpha value is -6.00. The first-order chi connectivity index (χ1) is 28.9. The zero-order chi connectivity index (χ0) is 42.5. The second kappa shape index (κ2) is 12.5. The summed E-state index contributed by atoms with van der Waals surface area (Å²) in [6.45, 7) is 25.6. The first-order valence-electron chi connectivity index (χ1n) is 22.1. The monoisotopic (exact) mass is 794 g/mol. The van der Waals surface area contributed by atoms with Gasteiger partial charge in [-0.2, -0.15) is 0 Å². The molecule has 7 aromatic carbocycles. The third kappa shape index (κ3) is 5.50. The Bertz CT molecular complexity index is 3110. The van der Waals surface area contributed by atoms with Crippen molar-refractivity contribution in [3.63, 3.8) is 0 Å². The van der Waals surface area contributed by atoms with E-state index in [-0.39, 0.29) is 28.5 Å². The second-order valence-electron chi connectivity index (χ2n) is 21.5. The van der Waals surface area contributed by atoms with Crippen molar-refractivity contribution in [1.29, 1.82) is 0 Å². The lowest BCUT2D eigenvalue weighted by Gasteiger charge is -2.47. The molecule has 0 radical (unpaired) electrons. The predicted molar refractivity (Wildman–Crippen MR) is 261 cm³/mol. The fourth-order valence-electron chi connectivity index (χ4n) is 10.8. The molecule has 3 aliphatic rings. The van der Waals surface area contributed by atoms with E-state index in [0.29, 0.717) is 0 Å². The van der Waals surface area contributed by atoms with E-state index in [9.17, 15) is 0 Å². The largest absolute Gasteiger partial charge is 0.456 e. The number of hydrogen-bond acceptors (Lipinski definition) is 3. The molecule has 4 heteroatoms. The van der Waals surface area contributed by atoms with Gasteiger partial charge in [0.05, 0.1) is 0 Å². The molecule has 11 rings (SSSR count). The van der Waals surface area contributed by atoms with E-state index in [4.69, 9.17) is 4.42 Å². The average molecular weight is 795 g/mol. The maximum atomic E-state index is 6.72. The molecule has 3 nitrogen and oxygen atoms in total. The van der Waals surface area contributed by atoms with Crippen molar-refractivity contribution in [1.82, 2.24) is 0 Å². The molecule has 0 atom stereocenters. The van der Waals surface area contributed by atoms with Gasteiger partial charge in [0.1, 0.15) is 11.2 Å². The van der Waals surface area contributed by atoms with E-state index in [2.05, 4.69) is 219 Å². The van der Waals surface area contributed by atoms with E-state index in [1.54, 1.807) is 0 Å². The van der Waals surface area contributed by atoms with Crippen LogP contribution in [0.5, 0.6) is 0 Å². The summed E-state index contributed by atoms with van der Waals surface area (Å²) in [5, 5.41) is 2.29. The lowest BCUT2D eigenvalue weighted by molar-refractivity contribution is 0.590. The number of nitrogens with zero attached hydrogens (tertiary/aromatic N) is 2. The third-order valence-electron chi connectivity index (χ3n) is 14.1. The van der Waals surface area contributed by atoms with Crippen LogP contribution in [-0.2, 0) is 21.7 Å². The number of hydrogen-bond donors (Lipinski definition) is 0. The van der Waals surface area contributed by atoms with Crippen LogP contribution in [0, 0.1) is 0 Å². The summed E-state index contributed by atoms with van der Waals surface area (Å²) in [7, 11) is 0. The summed E-state index contributed by atoms with van der Waals surface area (Å²) in [5.41, 5.74) is 22.2. The Morgan fingerprint density at radius 3 is 1.77 bits per heavy atom. The first-order valence-corrected chi connectivity index (χ1v) is 22.1. The van der Waals surface area contributed by atoms with Gasteiger partial charge in [-0.15, -0.1) is 0 Å². The molecular weight excluding hydrogens is 739 g/mol. The van der Waals surface area contributed by atoms with E-state index in [0.717, 1.165) is 21.9 Å². The topological polar surface area (TPSA) is 19.6 Å². The Labute approximate surface area is 362 Å². The SMILES string of the molecule is CC(C)(C)c1ccc(N2B3c4cc(C(C)(C)C)ccc4N(c4ccc(C(C)(C)C)cc4)c4c3c(cc3c4C(C)(C)c4ccccc4-3)-c3cc4c(cc32)oc2ccccc24)cc1. The van der Waals surface area contributed by atoms with Gasteiger partial charge in [0.15, 0.2) is 0 Å². The second-order valence-corrected chi connectivity index (χ2v) is 21.5. The molecule has 0 spiro atoms. The van der Waals surface area contributed by atoms with Gasteiger partial charge in [-0.05, 0) is 120 Å². The lowest BCUT2D eigenvalue weighted by atomic mass is 9.42. The Morgan fingerprint density at radius 2 is 1.10 bits per heavy atom. The van der Waals surface area contributed by atoms with Gasteiger partial charge in [0, 0.05) is 56.3 Å². The molecular formula is C57H55BN2O. The van der Waals surface area contributed by atoms with Crippen LogP contribution in [0.2, 0.25) is 0 Å². The zero-order valence-electron chi connectivity index (χ0n) is 37.6. The Kier molecular flexibility index (Phi) is 7.80. The molecule has 3 heterocycles. The molecule has 1 aliphatic carbocycles. The van der Waals surface area contributed by atoms with Crippen molar-refractivity contribution in [3.05, 3.63) is 161 Å². The number of rotatable bonds is 2. The van der Waals surface area contributed by atoms with Gasteiger partial charge < -0.3 is 14.1 Å². The summed E-state index contributed by atoms with van der Waals surface area (Å²) < 4.78 is 6.72. The number of para-hydroxylation sites is 1. The maximum Gasteiger partial charge on any atom is 0.333 e. The first kappa shape index (κ1) is 38.0. The van der Waals surface area contributed by atoms with Crippen LogP contribution in [-0.4, -0.2) is 6.85 Å². The molecule has 0 amide bonds. The lowest BCUT2D eigenvalue weighted by Crippen LogP contribution is -2.62. The van der Waals surface area contributed by atoms with Crippen molar-refractivity contribution < 1.29 is 4.42 Å². The Morgan fingerprint density at radius 1 is 0.492 bits per heavy atom. The van der Waals surface area contributed by atoms with E-state index in [1.807, 2.05) is 0 Å². The molecule has 61 heavy (non-hydrogen) atoms. The molecule has 8 aromatic rings. The highest BCUT2D eigenvalue weighted by molar-refractivity contribution is 6.93. The minimum Gasteiger partial charge on any atom is -0.456 e. The number of benzene rings is 7. The van der Waals surface area contributed by atoms with Gasteiger partial charge in [-0.1, -0.05) is 155 Å².